The number of nitrogen functional groups attached to an aromatic ring is 1. The molecule has 0 aliphatic rings. The molecule has 0 fully saturated rings. The summed E-state index contributed by atoms with van der Waals surface area (Å²) in [6.07, 6.45) is 3.06. The van der Waals surface area contributed by atoms with Crippen molar-refractivity contribution in [2.24, 2.45) is 7.05 Å². The largest absolute Gasteiger partial charge is 0.398 e. The van der Waals surface area contributed by atoms with E-state index in [4.69, 9.17) is 5.73 Å². The third kappa shape index (κ3) is 3.79. The Labute approximate surface area is 114 Å². The van der Waals surface area contributed by atoms with Crippen LogP contribution in [0.2, 0.25) is 0 Å². The molecule has 0 amide bonds. The van der Waals surface area contributed by atoms with Gasteiger partial charge in [0.1, 0.15) is 0 Å². The van der Waals surface area contributed by atoms with Gasteiger partial charge in [0.25, 0.3) is 0 Å². The van der Waals surface area contributed by atoms with Crippen LogP contribution < -0.4 is 5.73 Å². The zero-order valence-electron chi connectivity index (χ0n) is 11.6. The number of hydrogen-bond donors (Lipinski definition) is 1. The minimum Gasteiger partial charge on any atom is -0.398 e. The van der Waals surface area contributed by atoms with E-state index in [1.165, 1.54) is 5.56 Å². The van der Waals surface area contributed by atoms with Crippen LogP contribution in [0.1, 0.15) is 24.6 Å². The Balaban J connectivity index is 2.06. The van der Waals surface area contributed by atoms with Gasteiger partial charge in [0, 0.05) is 32.0 Å². The first-order chi connectivity index (χ1) is 9.19. The van der Waals surface area contributed by atoms with Crippen LogP contribution in [0.25, 0.3) is 0 Å². The number of benzene rings is 1. The van der Waals surface area contributed by atoms with Crippen LogP contribution in [0.3, 0.4) is 0 Å². The fraction of sp³-hybridized carbons (Fsp3) is 0.429. The Hall–Kier alpha value is -1.88. The Bertz CT molecular complexity index is 520. The second-order valence-electron chi connectivity index (χ2n) is 4.79. The average molecular weight is 259 g/mol. The summed E-state index contributed by atoms with van der Waals surface area (Å²) >= 11 is 0. The molecule has 0 spiro atoms. The number of rotatable bonds is 6. The van der Waals surface area contributed by atoms with Gasteiger partial charge in [0.05, 0.1) is 5.69 Å². The van der Waals surface area contributed by atoms with Crippen molar-refractivity contribution in [3.63, 3.8) is 0 Å². The Kier molecular flexibility index (Phi) is 4.52. The molecule has 0 saturated carbocycles. The van der Waals surface area contributed by atoms with E-state index in [0.29, 0.717) is 0 Å². The van der Waals surface area contributed by atoms with Crippen LogP contribution in [-0.4, -0.2) is 26.4 Å². The smallest absolute Gasteiger partial charge is 0.0967 e. The maximum Gasteiger partial charge on any atom is 0.0967 e. The monoisotopic (exact) mass is 259 g/mol. The molecule has 1 aromatic carbocycles. The molecule has 2 aromatic rings. The third-order valence-electron chi connectivity index (χ3n) is 3.02. The summed E-state index contributed by atoms with van der Waals surface area (Å²) < 4.78 is 1.73. The molecular weight excluding hydrogens is 238 g/mol. The highest BCUT2D eigenvalue weighted by atomic mass is 15.4. The van der Waals surface area contributed by atoms with Crippen molar-refractivity contribution in [2.45, 2.75) is 26.4 Å². The predicted molar refractivity (Wildman–Crippen MR) is 76.3 cm³/mol. The number of anilines is 1. The Morgan fingerprint density at radius 2 is 2.05 bits per heavy atom. The van der Waals surface area contributed by atoms with Gasteiger partial charge in [-0.1, -0.05) is 30.3 Å². The minimum absolute atomic E-state index is 0.802. The molecule has 5 nitrogen and oxygen atoms in total. The molecule has 102 valence electrons. The van der Waals surface area contributed by atoms with Crippen LogP contribution in [0.4, 0.5) is 5.69 Å². The van der Waals surface area contributed by atoms with E-state index in [9.17, 15) is 0 Å². The average Bonchev–Trinajstić information content (AvgIpc) is 2.78. The summed E-state index contributed by atoms with van der Waals surface area (Å²) in [4.78, 5) is 2.34. The number of para-hydroxylation sites is 1. The van der Waals surface area contributed by atoms with Crippen molar-refractivity contribution in [2.75, 3.05) is 12.3 Å². The first-order valence-corrected chi connectivity index (χ1v) is 6.60. The molecule has 0 bridgehead atoms. The maximum absolute atomic E-state index is 6.00. The van der Waals surface area contributed by atoms with E-state index in [0.717, 1.165) is 37.4 Å². The van der Waals surface area contributed by atoms with Crippen molar-refractivity contribution in [3.05, 3.63) is 41.7 Å². The number of nitrogens with zero attached hydrogens (tertiary/aromatic N) is 4. The summed E-state index contributed by atoms with van der Waals surface area (Å²) in [5.74, 6) is 0. The van der Waals surface area contributed by atoms with Crippen LogP contribution >= 0.6 is 0 Å². The number of aromatic nitrogens is 3. The summed E-state index contributed by atoms with van der Waals surface area (Å²) in [6.45, 7) is 4.84. The predicted octanol–water partition coefficient (Wildman–Crippen LogP) is 1.81. The van der Waals surface area contributed by atoms with E-state index >= 15 is 0 Å². The first-order valence-electron chi connectivity index (χ1n) is 6.60. The molecule has 2 rings (SSSR count). The SMILES string of the molecule is CCCN(Cc1cn(C)nn1)Cc1ccccc1N. The number of aryl methyl sites for hydroxylation is 1. The fourth-order valence-corrected chi connectivity index (χ4v) is 2.15. The maximum atomic E-state index is 6.00. The van der Waals surface area contributed by atoms with E-state index in [-0.39, 0.29) is 0 Å². The minimum atomic E-state index is 0.802. The summed E-state index contributed by atoms with van der Waals surface area (Å²) in [6, 6.07) is 8.01. The van der Waals surface area contributed by atoms with Gasteiger partial charge in [-0.25, -0.2) is 0 Å². The molecule has 0 unspecified atom stereocenters. The van der Waals surface area contributed by atoms with Crippen LogP contribution in [0.15, 0.2) is 30.5 Å². The van der Waals surface area contributed by atoms with Gasteiger partial charge in [0.2, 0.25) is 0 Å². The highest BCUT2D eigenvalue weighted by Crippen LogP contribution is 2.15. The van der Waals surface area contributed by atoms with Gasteiger partial charge < -0.3 is 5.73 Å². The molecule has 0 atom stereocenters. The highest BCUT2D eigenvalue weighted by molar-refractivity contribution is 5.46. The van der Waals surface area contributed by atoms with Crippen LogP contribution in [-0.2, 0) is 20.1 Å². The summed E-state index contributed by atoms with van der Waals surface area (Å²) in [5.41, 5.74) is 9.01. The van der Waals surface area contributed by atoms with Crippen LogP contribution in [0.5, 0.6) is 0 Å². The second kappa shape index (κ2) is 6.33. The zero-order chi connectivity index (χ0) is 13.7. The van der Waals surface area contributed by atoms with Gasteiger partial charge in [0.15, 0.2) is 0 Å². The molecule has 5 heteroatoms. The lowest BCUT2D eigenvalue weighted by atomic mass is 10.1. The molecule has 0 aliphatic carbocycles. The van der Waals surface area contributed by atoms with E-state index in [1.54, 1.807) is 4.68 Å². The Morgan fingerprint density at radius 3 is 2.68 bits per heavy atom. The lowest BCUT2D eigenvalue weighted by Gasteiger charge is -2.21. The lowest BCUT2D eigenvalue weighted by molar-refractivity contribution is 0.254. The van der Waals surface area contributed by atoms with E-state index in [1.807, 2.05) is 31.4 Å². The molecule has 1 heterocycles. The van der Waals surface area contributed by atoms with Crippen molar-refractivity contribution < 1.29 is 0 Å². The highest BCUT2D eigenvalue weighted by Gasteiger charge is 2.10. The van der Waals surface area contributed by atoms with Gasteiger partial charge in [-0.15, -0.1) is 5.10 Å². The topological polar surface area (TPSA) is 60.0 Å². The van der Waals surface area contributed by atoms with Crippen molar-refractivity contribution in [3.8, 4) is 0 Å². The number of hydrogen-bond acceptors (Lipinski definition) is 4. The van der Waals surface area contributed by atoms with Gasteiger partial charge in [-0.3, -0.25) is 9.58 Å². The molecule has 0 radical (unpaired) electrons. The molecule has 0 aliphatic heterocycles. The van der Waals surface area contributed by atoms with Gasteiger partial charge in [-0.2, -0.15) is 0 Å². The van der Waals surface area contributed by atoms with Crippen LogP contribution in [0, 0.1) is 0 Å². The van der Waals surface area contributed by atoms with Crippen molar-refractivity contribution in [1.82, 2.24) is 19.9 Å². The molecule has 1 aromatic heterocycles. The summed E-state index contributed by atoms with van der Waals surface area (Å²) in [5, 5.41) is 8.11. The quantitative estimate of drug-likeness (QED) is 0.804. The lowest BCUT2D eigenvalue weighted by Crippen LogP contribution is -2.24. The fourth-order valence-electron chi connectivity index (χ4n) is 2.15. The van der Waals surface area contributed by atoms with Gasteiger partial charge in [-0.05, 0) is 24.6 Å². The van der Waals surface area contributed by atoms with E-state index in [2.05, 4.69) is 28.2 Å². The molecular formula is C14H21N5. The zero-order valence-corrected chi connectivity index (χ0v) is 11.6. The number of nitrogens with two attached hydrogens (primary N) is 1. The third-order valence-corrected chi connectivity index (χ3v) is 3.02. The molecule has 0 saturated heterocycles. The second-order valence-corrected chi connectivity index (χ2v) is 4.79. The first kappa shape index (κ1) is 13.5. The Morgan fingerprint density at radius 1 is 1.26 bits per heavy atom. The normalized spacial score (nSPS) is 11.1. The molecule has 2 N–H and O–H groups in total. The summed E-state index contributed by atoms with van der Waals surface area (Å²) in [7, 11) is 1.88. The van der Waals surface area contributed by atoms with Gasteiger partial charge >= 0.3 is 0 Å². The standard InChI is InChI=1S/C14H21N5/c1-3-8-19(11-13-10-18(2)17-16-13)9-12-6-4-5-7-14(12)15/h4-7,10H,3,8-9,11,15H2,1-2H3. The molecule has 19 heavy (non-hydrogen) atoms. The van der Waals surface area contributed by atoms with Crippen molar-refractivity contribution in [1.29, 1.82) is 0 Å². The van der Waals surface area contributed by atoms with Crippen molar-refractivity contribution >= 4 is 5.69 Å². The van der Waals surface area contributed by atoms with E-state index < -0.39 is 0 Å².